The molecule has 168 valence electrons. The van der Waals surface area contributed by atoms with Crippen molar-refractivity contribution in [2.45, 2.75) is 24.2 Å². The summed E-state index contributed by atoms with van der Waals surface area (Å²) in [7, 11) is -0.493. The molecule has 1 fully saturated rings. The molecule has 0 aromatic heterocycles. The number of nitrogens with one attached hydrogen (secondary N) is 1. The van der Waals surface area contributed by atoms with Gasteiger partial charge in [0.1, 0.15) is 0 Å². The smallest absolute Gasteiger partial charge is 0.243 e. The van der Waals surface area contributed by atoms with Crippen molar-refractivity contribution in [2.75, 3.05) is 33.9 Å². The van der Waals surface area contributed by atoms with E-state index in [1.807, 2.05) is 18.2 Å². The number of hydrogen-bond acceptors (Lipinski definition) is 5. The Morgan fingerprint density at radius 3 is 2.52 bits per heavy atom. The van der Waals surface area contributed by atoms with Gasteiger partial charge >= 0.3 is 0 Å². The molecule has 7 nitrogen and oxygen atoms in total. The number of ether oxygens (including phenoxy) is 2. The van der Waals surface area contributed by atoms with Crippen molar-refractivity contribution in [1.82, 2.24) is 9.62 Å². The molecule has 31 heavy (non-hydrogen) atoms. The molecule has 1 aliphatic rings. The maximum atomic E-state index is 12.9. The molecule has 1 saturated heterocycles. The van der Waals surface area contributed by atoms with Crippen LogP contribution < -0.4 is 14.8 Å². The van der Waals surface area contributed by atoms with E-state index in [1.165, 1.54) is 16.4 Å². The normalized spacial score (nSPS) is 17.2. The summed E-state index contributed by atoms with van der Waals surface area (Å²) in [4.78, 5) is 12.9. The standard InChI is InChI=1S/C22H27ClN2O5S/c1-29-20-10-5-16(14-21(20)30-2)11-12-24-22(26)17-4-3-13-25(15-17)31(27,28)19-8-6-18(23)7-9-19/h5-10,14,17H,3-4,11-13,15H2,1-2H3,(H,24,26)/t17-/m0/s1. The predicted molar refractivity (Wildman–Crippen MR) is 119 cm³/mol. The number of nitrogens with zero attached hydrogens (tertiary/aromatic N) is 1. The van der Waals surface area contributed by atoms with E-state index in [0.29, 0.717) is 48.9 Å². The van der Waals surface area contributed by atoms with Crippen molar-refractivity contribution in [2.24, 2.45) is 5.92 Å². The first-order valence-corrected chi connectivity index (χ1v) is 11.9. The average molecular weight is 467 g/mol. The van der Waals surface area contributed by atoms with Crippen LogP contribution in [0.5, 0.6) is 11.5 Å². The Bertz CT molecular complexity index is 1010. The molecule has 1 amide bonds. The number of sulfonamides is 1. The van der Waals surface area contributed by atoms with Crippen molar-refractivity contribution in [1.29, 1.82) is 0 Å². The number of carbonyl (C=O) groups is 1. The highest BCUT2D eigenvalue weighted by Crippen LogP contribution is 2.28. The maximum Gasteiger partial charge on any atom is 0.243 e. The van der Waals surface area contributed by atoms with Crippen molar-refractivity contribution in [3.05, 3.63) is 53.1 Å². The second-order valence-corrected chi connectivity index (χ2v) is 9.76. The molecule has 1 aliphatic heterocycles. The van der Waals surface area contributed by atoms with Crippen molar-refractivity contribution >= 4 is 27.5 Å². The molecule has 0 bridgehead atoms. The van der Waals surface area contributed by atoms with Gasteiger partial charge in [-0.1, -0.05) is 17.7 Å². The average Bonchev–Trinajstić information content (AvgIpc) is 2.79. The molecule has 2 aromatic carbocycles. The number of rotatable bonds is 8. The third-order valence-corrected chi connectivity index (χ3v) is 7.50. The Balaban J connectivity index is 1.57. The lowest BCUT2D eigenvalue weighted by Gasteiger charge is -2.31. The van der Waals surface area contributed by atoms with Gasteiger partial charge in [-0.05, 0) is 61.2 Å². The number of hydrogen-bond donors (Lipinski definition) is 1. The molecule has 1 atom stereocenters. The minimum Gasteiger partial charge on any atom is -0.493 e. The lowest BCUT2D eigenvalue weighted by molar-refractivity contribution is -0.126. The van der Waals surface area contributed by atoms with Crippen molar-refractivity contribution in [3.8, 4) is 11.5 Å². The molecule has 9 heteroatoms. The summed E-state index contributed by atoms with van der Waals surface area (Å²) in [6.07, 6.45) is 1.93. The number of carbonyl (C=O) groups excluding carboxylic acids is 1. The van der Waals surface area contributed by atoms with Crippen LogP contribution >= 0.6 is 11.6 Å². The van der Waals surface area contributed by atoms with Gasteiger partial charge in [0.25, 0.3) is 0 Å². The summed E-state index contributed by atoms with van der Waals surface area (Å²) in [5, 5.41) is 3.41. The summed E-state index contributed by atoms with van der Waals surface area (Å²) in [5.41, 5.74) is 1.01. The molecule has 1 heterocycles. The van der Waals surface area contributed by atoms with Gasteiger partial charge in [0.05, 0.1) is 25.0 Å². The Morgan fingerprint density at radius 2 is 1.84 bits per heavy atom. The Morgan fingerprint density at radius 1 is 1.13 bits per heavy atom. The van der Waals surface area contributed by atoms with E-state index in [4.69, 9.17) is 21.1 Å². The van der Waals surface area contributed by atoms with Gasteiger partial charge < -0.3 is 14.8 Å². The number of benzene rings is 2. The summed E-state index contributed by atoms with van der Waals surface area (Å²) in [5.74, 6) is 0.791. The fraction of sp³-hybridized carbons (Fsp3) is 0.409. The summed E-state index contributed by atoms with van der Waals surface area (Å²) < 4.78 is 37.7. The SMILES string of the molecule is COc1ccc(CCNC(=O)[C@H]2CCCN(S(=O)(=O)c3ccc(Cl)cc3)C2)cc1OC. The zero-order chi connectivity index (χ0) is 22.4. The third kappa shape index (κ3) is 5.70. The lowest BCUT2D eigenvalue weighted by Crippen LogP contribution is -2.45. The minimum atomic E-state index is -3.65. The monoisotopic (exact) mass is 466 g/mol. The molecule has 0 saturated carbocycles. The van der Waals surface area contributed by atoms with E-state index in [0.717, 1.165) is 5.56 Å². The molecule has 1 N–H and O–H groups in total. The van der Waals surface area contributed by atoms with E-state index in [1.54, 1.807) is 26.4 Å². The highest BCUT2D eigenvalue weighted by Gasteiger charge is 2.33. The highest BCUT2D eigenvalue weighted by atomic mass is 35.5. The van der Waals surface area contributed by atoms with Crippen LogP contribution in [0.4, 0.5) is 0 Å². The Hall–Kier alpha value is -2.29. The molecule has 0 spiro atoms. The van der Waals surface area contributed by atoms with Crippen LogP contribution in [0.1, 0.15) is 18.4 Å². The van der Waals surface area contributed by atoms with E-state index >= 15 is 0 Å². The largest absolute Gasteiger partial charge is 0.493 e. The van der Waals surface area contributed by atoms with E-state index in [9.17, 15) is 13.2 Å². The van der Waals surface area contributed by atoms with Gasteiger partial charge in [-0.2, -0.15) is 4.31 Å². The third-order valence-electron chi connectivity index (χ3n) is 5.37. The zero-order valence-electron chi connectivity index (χ0n) is 17.6. The van der Waals surface area contributed by atoms with Gasteiger partial charge in [0.2, 0.25) is 15.9 Å². The van der Waals surface area contributed by atoms with Gasteiger partial charge in [0.15, 0.2) is 11.5 Å². The number of halogens is 1. The van der Waals surface area contributed by atoms with Crippen LogP contribution in [-0.4, -0.2) is 52.5 Å². The van der Waals surface area contributed by atoms with Gasteiger partial charge in [-0.3, -0.25) is 4.79 Å². The first kappa shape index (κ1) is 23.4. The zero-order valence-corrected chi connectivity index (χ0v) is 19.2. The highest BCUT2D eigenvalue weighted by molar-refractivity contribution is 7.89. The first-order valence-electron chi connectivity index (χ1n) is 10.1. The van der Waals surface area contributed by atoms with Crippen LogP contribution in [0.3, 0.4) is 0 Å². The lowest BCUT2D eigenvalue weighted by atomic mass is 9.99. The molecule has 0 radical (unpaired) electrons. The summed E-state index contributed by atoms with van der Waals surface area (Å²) >= 11 is 5.86. The van der Waals surface area contributed by atoms with Crippen LogP contribution in [0.25, 0.3) is 0 Å². The minimum absolute atomic E-state index is 0.128. The van der Waals surface area contributed by atoms with E-state index in [-0.39, 0.29) is 23.3 Å². The summed E-state index contributed by atoms with van der Waals surface area (Å²) in [6.45, 7) is 1.03. The molecule has 0 aliphatic carbocycles. The molecule has 2 aromatic rings. The Kier molecular flexibility index (Phi) is 7.80. The molecule has 0 unspecified atom stereocenters. The fourth-order valence-electron chi connectivity index (χ4n) is 3.64. The van der Waals surface area contributed by atoms with Crippen LogP contribution in [0, 0.1) is 5.92 Å². The maximum absolute atomic E-state index is 12.9. The molecular formula is C22H27ClN2O5S. The summed E-state index contributed by atoms with van der Waals surface area (Å²) in [6, 6.07) is 11.7. The molecular weight excluding hydrogens is 440 g/mol. The topological polar surface area (TPSA) is 84.9 Å². The van der Waals surface area contributed by atoms with Gasteiger partial charge in [0, 0.05) is 24.7 Å². The van der Waals surface area contributed by atoms with Crippen molar-refractivity contribution in [3.63, 3.8) is 0 Å². The number of piperidine rings is 1. The van der Waals surface area contributed by atoms with E-state index < -0.39 is 10.0 Å². The van der Waals surface area contributed by atoms with Crippen molar-refractivity contribution < 1.29 is 22.7 Å². The first-order chi connectivity index (χ1) is 14.8. The Labute approximate surface area is 188 Å². The van der Waals surface area contributed by atoms with Crippen LogP contribution in [0.2, 0.25) is 5.02 Å². The number of methoxy groups -OCH3 is 2. The second kappa shape index (κ2) is 10.3. The van der Waals surface area contributed by atoms with Gasteiger partial charge in [-0.25, -0.2) is 8.42 Å². The molecule has 3 rings (SSSR count). The quantitative estimate of drug-likeness (QED) is 0.646. The van der Waals surface area contributed by atoms with E-state index in [2.05, 4.69) is 5.32 Å². The fourth-order valence-corrected chi connectivity index (χ4v) is 5.29. The number of amides is 1. The van der Waals surface area contributed by atoms with Crippen LogP contribution in [0.15, 0.2) is 47.4 Å². The van der Waals surface area contributed by atoms with Crippen LogP contribution in [-0.2, 0) is 21.2 Å². The van der Waals surface area contributed by atoms with Gasteiger partial charge in [-0.15, -0.1) is 0 Å². The predicted octanol–water partition coefficient (Wildman–Crippen LogP) is 3.12. The second-order valence-electron chi connectivity index (χ2n) is 7.39.